The molecule has 0 aliphatic carbocycles. The van der Waals surface area contributed by atoms with Gasteiger partial charge in [-0.3, -0.25) is 19.3 Å². The average Bonchev–Trinajstić information content (AvgIpc) is 3.07. The molecular formula is C25H17Br2FN2O4S. The minimum absolute atomic E-state index is 0.0349. The van der Waals surface area contributed by atoms with Gasteiger partial charge >= 0.3 is 0 Å². The maximum atomic E-state index is 13.9. The molecule has 3 amide bonds. The molecule has 35 heavy (non-hydrogen) atoms. The highest BCUT2D eigenvalue weighted by Crippen LogP contribution is 2.38. The number of amides is 3. The van der Waals surface area contributed by atoms with Crippen molar-refractivity contribution in [2.45, 2.75) is 6.61 Å². The Morgan fingerprint density at radius 3 is 2.37 bits per heavy atom. The number of benzene rings is 3. The van der Waals surface area contributed by atoms with Crippen LogP contribution in [0.15, 0.2) is 80.6 Å². The maximum Gasteiger partial charge on any atom is 0.294 e. The van der Waals surface area contributed by atoms with Gasteiger partial charge in [0.05, 0.1) is 13.9 Å². The molecule has 4 rings (SSSR count). The van der Waals surface area contributed by atoms with Gasteiger partial charge in [-0.2, -0.15) is 0 Å². The number of carbonyl (C=O) groups excluding carboxylic acids is 3. The number of imide groups is 1. The predicted octanol–water partition coefficient (Wildman–Crippen LogP) is 6.60. The number of hydrogen-bond acceptors (Lipinski definition) is 5. The second kappa shape index (κ2) is 11.2. The monoisotopic (exact) mass is 618 g/mol. The highest BCUT2D eigenvalue weighted by atomic mass is 79.9. The average molecular weight is 620 g/mol. The second-order valence-corrected chi connectivity index (χ2v) is 10.1. The van der Waals surface area contributed by atoms with Crippen molar-refractivity contribution in [1.29, 1.82) is 0 Å². The van der Waals surface area contributed by atoms with Crippen LogP contribution in [0.2, 0.25) is 0 Å². The number of ether oxygens (including phenoxy) is 1. The Kier molecular flexibility index (Phi) is 8.04. The van der Waals surface area contributed by atoms with Crippen LogP contribution in [0.5, 0.6) is 5.75 Å². The summed E-state index contributed by atoms with van der Waals surface area (Å²) in [5.74, 6) is -0.905. The van der Waals surface area contributed by atoms with E-state index in [1.165, 1.54) is 6.07 Å². The van der Waals surface area contributed by atoms with Crippen molar-refractivity contribution >= 4 is 72.4 Å². The smallest absolute Gasteiger partial charge is 0.294 e. The summed E-state index contributed by atoms with van der Waals surface area (Å²) < 4.78 is 20.8. The van der Waals surface area contributed by atoms with E-state index in [9.17, 15) is 18.8 Å². The van der Waals surface area contributed by atoms with E-state index in [2.05, 4.69) is 37.2 Å². The minimum atomic E-state index is -0.546. The van der Waals surface area contributed by atoms with Crippen LogP contribution in [0.4, 0.5) is 14.9 Å². The van der Waals surface area contributed by atoms with Gasteiger partial charge in [0.1, 0.15) is 24.7 Å². The predicted molar refractivity (Wildman–Crippen MR) is 140 cm³/mol. The van der Waals surface area contributed by atoms with Crippen molar-refractivity contribution in [3.8, 4) is 5.75 Å². The summed E-state index contributed by atoms with van der Waals surface area (Å²) in [6, 6.07) is 18.6. The van der Waals surface area contributed by atoms with E-state index in [0.29, 0.717) is 31.5 Å². The fourth-order valence-corrected chi connectivity index (χ4v) is 5.51. The molecule has 3 aromatic rings. The SMILES string of the molecule is O=C(CN1C(=O)S/C(=C\c2cc(Br)c(OCc3ccccc3F)c(Br)c2)C1=O)Nc1ccccc1. The molecule has 0 saturated carbocycles. The molecule has 1 heterocycles. The fourth-order valence-electron chi connectivity index (χ4n) is 3.22. The zero-order valence-electron chi connectivity index (χ0n) is 18.0. The van der Waals surface area contributed by atoms with Crippen LogP contribution in [0.3, 0.4) is 0 Å². The Balaban J connectivity index is 1.45. The molecule has 0 atom stereocenters. The van der Waals surface area contributed by atoms with Gasteiger partial charge in [0, 0.05) is 11.3 Å². The van der Waals surface area contributed by atoms with Crippen molar-refractivity contribution < 1.29 is 23.5 Å². The number of rotatable bonds is 7. The van der Waals surface area contributed by atoms with E-state index in [0.717, 1.165) is 16.7 Å². The number of nitrogens with zero attached hydrogens (tertiary/aromatic N) is 1. The van der Waals surface area contributed by atoms with Crippen LogP contribution in [-0.2, 0) is 16.2 Å². The molecule has 10 heteroatoms. The van der Waals surface area contributed by atoms with Gasteiger partial charge in [-0.25, -0.2) is 4.39 Å². The maximum absolute atomic E-state index is 13.9. The summed E-state index contributed by atoms with van der Waals surface area (Å²) in [5, 5.41) is 2.14. The van der Waals surface area contributed by atoms with E-state index < -0.39 is 17.1 Å². The Morgan fingerprint density at radius 2 is 1.69 bits per heavy atom. The van der Waals surface area contributed by atoms with Gasteiger partial charge in [0.15, 0.2) is 0 Å². The Morgan fingerprint density at radius 1 is 1.03 bits per heavy atom. The molecular weight excluding hydrogens is 603 g/mol. The van der Waals surface area contributed by atoms with E-state index in [-0.39, 0.29) is 23.9 Å². The van der Waals surface area contributed by atoms with Crippen LogP contribution in [0.25, 0.3) is 6.08 Å². The van der Waals surface area contributed by atoms with Gasteiger partial charge in [-0.1, -0.05) is 36.4 Å². The standard InChI is InChI=1S/C25H17Br2FN2O4S/c26-18-10-15(11-19(27)23(18)34-14-16-6-4-5-9-20(16)28)12-21-24(32)30(25(33)35-21)13-22(31)29-17-7-2-1-3-8-17/h1-12H,13-14H2,(H,29,31)/b21-12-. The lowest BCUT2D eigenvalue weighted by Gasteiger charge is -2.13. The van der Waals surface area contributed by atoms with E-state index in [4.69, 9.17) is 4.74 Å². The molecule has 6 nitrogen and oxygen atoms in total. The van der Waals surface area contributed by atoms with E-state index >= 15 is 0 Å². The molecule has 1 N–H and O–H groups in total. The zero-order valence-corrected chi connectivity index (χ0v) is 22.0. The molecule has 178 valence electrons. The van der Waals surface area contributed by atoms with Crippen LogP contribution >= 0.6 is 43.6 Å². The fraction of sp³-hybridized carbons (Fsp3) is 0.0800. The summed E-state index contributed by atoms with van der Waals surface area (Å²) in [6.45, 7) is -0.347. The highest BCUT2D eigenvalue weighted by molar-refractivity contribution is 9.11. The molecule has 0 spiro atoms. The summed E-state index contributed by atoms with van der Waals surface area (Å²) in [4.78, 5) is 38.6. The topological polar surface area (TPSA) is 75.7 Å². The first kappa shape index (κ1) is 25.2. The minimum Gasteiger partial charge on any atom is -0.486 e. The molecule has 0 bridgehead atoms. The Hall–Kier alpha value is -2.95. The Labute approximate surface area is 221 Å². The lowest BCUT2D eigenvalue weighted by molar-refractivity contribution is -0.127. The number of anilines is 1. The summed E-state index contributed by atoms with van der Waals surface area (Å²) in [7, 11) is 0. The number of hydrogen-bond donors (Lipinski definition) is 1. The van der Waals surface area contributed by atoms with E-state index in [1.54, 1.807) is 60.7 Å². The first-order valence-corrected chi connectivity index (χ1v) is 12.7. The number of carbonyl (C=O) groups is 3. The molecule has 0 unspecified atom stereocenters. The van der Waals surface area contributed by atoms with Crippen LogP contribution in [0, 0.1) is 5.82 Å². The molecule has 1 aliphatic rings. The molecule has 3 aromatic carbocycles. The van der Waals surface area contributed by atoms with Crippen LogP contribution in [-0.4, -0.2) is 28.5 Å². The van der Waals surface area contributed by atoms with Crippen LogP contribution in [0.1, 0.15) is 11.1 Å². The third kappa shape index (κ3) is 6.19. The van der Waals surface area contributed by atoms with Gasteiger partial charge in [0.2, 0.25) is 5.91 Å². The number of halogens is 3. The van der Waals surface area contributed by atoms with Gasteiger partial charge < -0.3 is 10.1 Å². The van der Waals surface area contributed by atoms with Crippen molar-refractivity contribution in [3.05, 3.63) is 97.5 Å². The quantitative estimate of drug-likeness (QED) is 0.301. The Bertz CT molecular complexity index is 1310. The summed E-state index contributed by atoms with van der Waals surface area (Å²) >= 11 is 7.65. The van der Waals surface area contributed by atoms with Gasteiger partial charge in [-0.15, -0.1) is 0 Å². The highest BCUT2D eigenvalue weighted by Gasteiger charge is 2.36. The number of para-hydroxylation sites is 1. The van der Waals surface area contributed by atoms with Crippen molar-refractivity contribution in [1.82, 2.24) is 4.90 Å². The van der Waals surface area contributed by atoms with Crippen molar-refractivity contribution in [2.75, 3.05) is 11.9 Å². The molecule has 0 aromatic heterocycles. The molecule has 0 radical (unpaired) electrons. The first-order chi connectivity index (χ1) is 16.8. The summed E-state index contributed by atoms with van der Waals surface area (Å²) in [6.07, 6.45) is 1.57. The number of thioether (sulfide) groups is 1. The molecule has 1 aliphatic heterocycles. The lowest BCUT2D eigenvalue weighted by atomic mass is 10.2. The van der Waals surface area contributed by atoms with E-state index in [1.807, 2.05) is 6.07 Å². The van der Waals surface area contributed by atoms with Gasteiger partial charge in [-0.05, 0) is 85.6 Å². The molecule has 1 fully saturated rings. The van der Waals surface area contributed by atoms with Crippen molar-refractivity contribution in [2.24, 2.45) is 0 Å². The first-order valence-electron chi connectivity index (χ1n) is 10.3. The van der Waals surface area contributed by atoms with Crippen LogP contribution < -0.4 is 10.1 Å². The number of nitrogens with one attached hydrogen (secondary N) is 1. The third-order valence-corrected chi connectivity index (χ3v) is 6.97. The zero-order chi connectivity index (χ0) is 24.9. The normalized spacial score (nSPS) is 14.5. The van der Waals surface area contributed by atoms with Gasteiger partial charge in [0.25, 0.3) is 11.1 Å². The molecule has 1 saturated heterocycles. The second-order valence-electron chi connectivity index (χ2n) is 7.38. The summed E-state index contributed by atoms with van der Waals surface area (Å²) in [5.41, 5.74) is 1.62. The van der Waals surface area contributed by atoms with Crippen molar-refractivity contribution in [3.63, 3.8) is 0 Å². The largest absolute Gasteiger partial charge is 0.486 e. The third-order valence-electron chi connectivity index (χ3n) is 4.88. The lowest BCUT2D eigenvalue weighted by Crippen LogP contribution is -2.36.